The molecule has 6 rings (SSSR count). The maximum absolute atomic E-state index is 14.1. The number of aryl methyl sites for hydroxylation is 1. The Morgan fingerprint density at radius 1 is 1.06 bits per heavy atom. The van der Waals surface area contributed by atoms with E-state index in [1.807, 2.05) is 30.3 Å². The van der Waals surface area contributed by atoms with Crippen molar-refractivity contribution in [2.24, 2.45) is 5.92 Å². The Hall–Kier alpha value is -5.40. The van der Waals surface area contributed by atoms with Crippen LogP contribution in [0.15, 0.2) is 91.1 Å². The normalized spacial score (nSPS) is 25.1. The number of carbonyl (C=O) groups excluding carboxylic acids is 2. The Kier molecular flexibility index (Phi) is 11.3. The van der Waals surface area contributed by atoms with Crippen molar-refractivity contribution in [3.8, 4) is 0 Å². The van der Waals surface area contributed by atoms with E-state index in [1.165, 1.54) is 35.2 Å². The Labute approximate surface area is 308 Å². The van der Waals surface area contributed by atoms with Crippen molar-refractivity contribution in [1.29, 1.82) is 0 Å². The van der Waals surface area contributed by atoms with Crippen molar-refractivity contribution in [3.63, 3.8) is 0 Å². The zero-order valence-electron chi connectivity index (χ0n) is 29.0. The average molecular weight is 745 g/mol. The largest absolute Gasteiger partial charge is 0.395 e. The van der Waals surface area contributed by atoms with E-state index in [9.17, 15) is 50.3 Å². The first-order valence-corrected chi connectivity index (χ1v) is 17.2. The first-order valence-electron chi connectivity index (χ1n) is 17.2. The number of non-ortho nitro benzene ring substituents is 1. The molecule has 7 N–H and O–H groups in total. The molecule has 54 heavy (non-hydrogen) atoms. The van der Waals surface area contributed by atoms with Crippen molar-refractivity contribution in [3.05, 3.63) is 124 Å². The van der Waals surface area contributed by atoms with Crippen LogP contribution in [0.3, 0.4) is 0 Å². The zero-order valence-corrected chi connectivity index (χ0v) is 29.0. The molecule has 3 aromatic carbocycles. The van der Waals surface area contributed by atoms with Crippen molar-refractivity contribution >= 4 is 28.9 Å². The quantitative estimate of drug-likeness (QED) is 0.0575. The van der Waals surface area contributed by atoms with Crippen LogP contribution in [0, 0.1) is 16.0 Å². The van der Waals surface area contributed by atoms with Crippen LogP contribution < -0.4 is 10.2 Å². The monoisotopic (exact) mass is 744 g/mol. The van der Waals surface area contributed by atoms with E-state index in [4.69, 9.17) is 4.74 Å². The van der Waals surface area contributed by atoms with E-state index in [1.54, 1.807) is 42.1 Å². The lowest BCUT2D eigenvalue weighted by Crippen LogP contribution is -2.60. The summed E-state index contributed by atoms with van der Waals surface area (Å²) in [7, 11) is 0. The molecular weight excluding hydrogens is 704 g/mol. The number of amides is 2. The molecule has 284 valence electrons. The van der Waals surface area contributed by atoms with Crippen molar-refractivity contribution in [2.45, 2.75) is 68.7 Å². The number of ether oxygens (including phenoxy) is 1. The van der Waals surface area contributed by atoms with Gasteiger partial charge < -0.3 is 45.6 Å². The van der Waals surface area contributed by atoms with Gasteiger partial charge >= 0.3 is 0 Å². The number of nitrogens with zero attached hydrogens (tertiary/aromatic N) is 5. The number of aliphatic hydroxyl groups excluding tert-OH is 5. The van der Waals surface area contributed by atoms with Crippen molar-refractivity contribution in [2.75, 3.05) is 16.8 Å². The molecule has 4 aromatic rings. The van der Waals surface area contributed by atoms with Crippen LogP contribution >= 0.6 is 0 Å². The number of aliphatic hydroxyl groups is 6. The van der Waals surface area contributed by atoms with Gasteiger partial charge in [0.2, 0.25) is 0 Å². The van der Waals surface area contributed by atoms with Gasteiger partial charge in [-0.2, -0.15) is 0 Å². The third-order valence-electron chi connectivity index (χ3n) is 9.75. The van der Waals surface area contributed by atoms with Crippen LogP contribution in [-0.4, -0.2) is 99.7 Å². The van der Waals surface area contributed by atoms with Crippen LogP contribution in [0.4, 0.5) is 17.1 Å². The molecule has 3 heterocycles. The number of allylic oxidation sites excluding steroid dienone is 1. The summed E-state index contributed by atoms with van der Waals surface area (Å²) < 4.78 is 6.63. The molecule has 0 bridgehead atoms. The minimum Gasteiger partial charge on any atom is -0.395 e. The van der Waals surface area contributed by atoms with Crippen LogP contribution in [-0.2, 0) is 33.0 Å². The molecule has 0 radical (unpaired) electrons. The van der Waals surface area contributed by atoms with Gasteiger partial charge in [0.1, 0.15) is 18.3 Å². The van der Waals surface area contributed by atoms with Gasteiger partial charge in [-0.25, -0.2) is 0 Å². The molecule has 17 nitrogen and oxygen atoms in total. The van der Waals surface area contributed by atoms with Crippen LogP contribution in [0.2, 0.25) is 0 Å². The first kappa shape index (κ1) is 38.3. The first-order chi connectivity index (χ1) is 25.8. The lowest BCUT2D eigenvalue weighted by Gasteiger charge is -2.37. The summed E-state index contributed by atoms with van der Waals surface area (Å²) in [5, 5.41) is 84.4. The molecule has 17 heteroatoms. The topological polar surface area (TPSA) is 254 Å². The molecular formula is C37H40N6O11. The van der Waals surface area contributed by atoms with E-state index >= 15 is 0 Å². The third kappa shape index (κ3) is 7.51. The fourth-order valence-electron chi connectivity index (χ4n) is 6.71. The number of anilines is 2. The second-order valence-corrected chi connectivity index (χ2v) is 13.3. The minimum atomic E-state index is -2.17. The molecule has 0 aliphatic carbocycles. The number of hydrogen-bond donors (Lipinski definition) is 7. The van der Waals surface area contributed by atoms with E-state index in [2.05, 4.69) is 15.6 Å². The number of fused-ring (bicyclic) bond motifs is 1. The van der Waals surface area contributed by atoms with Gasteiger partial charge in [0.15, 0.2) is 18.0 Å². The van der Waals surface area contributed by atoms with Crippen LogP contribution in [0.5, 0.6) is 0 Å². The molecule has 2 aliphatic rings. The molecule has 2 amide bonds. The fraction of sp³-hybridized carbons (Fsp3) is 0.351. The van der Waals surface area contributed by atoms with E-state index in [-0.39, 0.29) is 41.7 Å². The Morgan fingerprint density at radius 2 is 1.81 bits per heavy atom. The Bertz CT molecular complexity index is 2030. The summed E-state index contributed by atoms with van der Waals surface area (Å²) in [5.74, 6) is -2.81. The second-order valence-electron chi connectivity index (χ2n) is 13.3. The predicted molar refractivity (Wildman–Crippen MR) is 190 cm³/mol. The number of nitro benzene ring substituents is 1. The number of hydrogen-bond acceptors (Lipinski definition) is 13. The highest BCUT2D eigenvalue weighted by Gasteiger charge is 2.53. The number of carbonyl (C=O) groups is 2. The second kappa shape index (κ2) is 15.9. The molecule has 1 fully saturated rings. The minimum absolute atomic E-state index is 0.0583. The standard InChI is InChI=1S/C37H40N6O11/c1-21(8-5-6-15-41-19-28(39-40-41)26(20-44)23-10-3-2-4-11-23)37(51)27-17-25(43(52)53)13-14-29(27)42(36(37)50)18-22-9-7-12-24(16-22)38-34(48)33-31(46)30(45)32(47)35(49)54-33/h2-5,7-14,16-17,19,21,26,30-33,35,44-47,49,51H,6,15,18,20H2,1H3,(H,38,48)/b8-5+/t21-,26?,30-,31-,32+,33-,35+,37+/m0/s1. The molecule has 1 saturated heterocycles. The molecule has 2 aliphatic heterocycles. The van der Waals surface area contributed by atoms with Gasteiger partial charge in [0.25, 0.3) is 17.5 Å². The molecule has 1 unspecified atom stereocenters. The van der Waals surface area contributed by atoms with Gasteiger partial charge in [0, 0.05) is 42.0 Å². The molecule has 0 spiro atoms. The summed E-state index contributed by atoms with van der Waals surface area (Å²) >= 11 is 0. The Morgan fingerprint density at radius 3 is 2.54 bits per heavy atom. The Balaban J connectivity index is 1.16. The lowest BCUT2D eigenvalue weighted by molar-refractivity contribution is -0.385. The van der Waals surface area contributed by atoms with Gasteiger partial charge in [-0.3, -0.25) is 24.4 Å². The highest BCUT2D eigenvalue weighted by atomic mass is 16.6. The van der Waals surface area contributed by atoms with Crippen molar-refractivity contribution < 1.29 is 49.9 Å². The number of nitro groups is 1. The van der Waals surface area contributed by atoms with Crippen LogP contribution in [0.25, 0.3) is 0 Å². The van der Waals surface area contributed by atoms with E-state index in [0.717, 1.165) is 5.56 Å². The summed E-state index contributed by atoms with van der Waals surface area (Å²) in [5.41, 5.74) is 0.0395. The summed E-state index contributed by atoms with van der Waals surface area (Å²) in [6.07, 6.45) is -3.47. The van der Waals surface area contributed by atoms with Gasteiger partial charge in [-0.1, -0.05) is 66.8 Å². The third-order valence-corrected chi connectivity index (χ3v) is 9.75. The SMILES string of the molecule is C[C@@H](/C=C/CCn1cc(C(CO)c2ccccc2)nn1)[C@]1(O)C(=O)N(Cc2cccc(NC(=O)[C@H]3O[C@@H](O)[C@H](O)[C@@H](O)[C@@H]3O)c2)c2ccc([N+](=O)[O-])cc21. The lowest BCUT2D eigenvalue weighted by atomic mass is 9.82. The highest BCUT2D eigenvalue weighted by Crippen LogP contribution is 2.47. The van der Waals surface area contributed by atoms with Gasteiger partial charge in [0.05, 0.1) is 35.4 Å². The smallest absolute Gasteiger partial charge is 0.269 e. The number of aromatic nitrogens is 3. The van der Waals surface area contributed by atoms with E-state index < -0.39 is 59.0 Å². The fourth-order valence-corrected chi connectivity index (χ4v) is 6.71. The van der Waals surface area contributed by atoms with E-state index in [0.29, 0.717) is 24.2 Å². The van der Waals surface area contributed by atoms with Crippen molar-refractivity contribution in [1.82, 2.24) is 15.0 Å². The maximum atomic E-state index is 14.1. The summed E-state index contributed by atoms with van der Waals surface area (Å²) in [6.45, 7) is 1.79. The highest BCUT2D eigenvalue weighted by molar-refractivity contribution is 6.07. The number of nitrogens with one attached hydrogen (secondary N) is 1. The summed E-state index contributed by atoms with van der Waals surface area (Å²) in [6, 6.07) is 19.5. The number of rotatable bonds is 13. The molecule has 8 atom stereocenters. The van der Waals surface area contributed by atoms with Crippen LogP contribution in [0.1, 0.15) is 41.6 Å². The van der Waals surface area contributed by atoms with Gasteiger partial charge in [-0.15, -0.1) is 5.10 Å². The predicted octanol–water partition coefficient (Wildman–Crippen LogP) is 1.07. The van der Waals surface area contributed by atoms with Gasteiger partial charge in [-0.05, 0) is 35.7 Å². The average Bonchev–Trinajstić information content (AvgIpc) is 3.71. The number of benzene rings is 3. The maximum Gasteiger partial charge on any atom is 0.269 e. The summed E-state index contributed by atoms with van der Waals surface area (Å²) in [4.78, 5) is 39.4. The molecule has 0 saturated carbocycles. The zero-order chi connectivity index (χ0) is 38.7. The molecule has 1 aromatic heterocycles.